The van der Waals surface area contributed by atoms with Gasteiger partial charge in [-0.1, -0.05) is 42.5 Å². The summed E-state index contributed by atoms with van der Waals surface area (Å²) in [4.78, 5) is 7.26. The Labute approximate surface area is 192 Å². The van der Waals surface area contributed by atoms with E-state index in [9.17, 15) is 0 Å². The van der Waals surface area contributed by atoms with Gasteiger partial charge in [-0.05, 0) is 50.0 Å². The quantitative estimate of drug-likeness (QED) is 0.320. The lowest BCUT2D eigenvalue weighted by Gasteiger charge is -2.15. The summed E-state index contributed by atoms with van der Waals surface area (Å²) in [6.45, 7) is 7.76. The lowest BCUT2D eigenvalue weighted by atomic mass is 10.1. The minimum absolute atomic E-state index is 0. The van der Waals surface area contributed by atoms with Crippen LogP contribution in [0.2, 0.25) is 0 Å². The van der Waals surface area contributed by atoms with E-state index >= 15 is 0 Å². The molecule has 0 atom stereocenters. The van der Waals surface area contributed by atoms with E-state index < -0.39 is 0 Å². The molecular formula is C23H33IN4O. The van der Waals surface area contributed by atoms with Gasteiger partial charge in [-0.25, -0.2) is 4.99 Å². The Morgan fingerprint density at radius 2 is 1.69 bits per heavy atom. The van der Waals surface area contributed by atoms with Crippen molar-refractivity contribution in [3.05, 3.63) is 65.2 Å². The van der Waals surface area contributed by atoms with Gasteiger partial charge in [0.15, 0.2) is 5.96 Å². The number of halogens is 1. The van der Waals surface area contributed by atoms with Gasteiger partial charge in [0.25, 0.3) is 0 Å². The molecule has 1 saturated heterocycles. The van der Waals surface area contributed by atoms with Crippen LogP contribution < -0.4 is 15.4 Å². The normalized spacial score (nSPS) is 14.3. The van der Waals surface area contributed by atoms with Gasteiger partial charge >= 0.3 is 0 Å². The van der Waals surface area contributed by atoms with E-state index in [1.54, 1.807) is 7.11 Å². The molecular weight excluding hydrogens is 475 g/mol. The van der Waals surface area contributed by atoms with Crippen LogP contribution in [0.4, 0.5) is 0 Å². The first kappa shape index (κ1) is 23.5. The van der Waals surface area contributed by atoms with Crippen molar-refractivity contribution in [1.29, 1.82) is 0 Å². The van der Waals surface area contributed by atoms with Crippen molar-refractivity contribution in [1.82, 2.24) is 15.5 Å². The number of rotatable bonds is 8. The van der Waals surface area contributed by atoms with Crippen LogP contribution >= 0.6 is 24.0 Å². The van der Waals surface area contributed by atoms with Crippen LogP contribution in [0.5, 0.6) is 5.75 Å². The summed E-state index contributed by atoms with van der Waals surface area (Å²) in [6, 6.07) is 16.9. The molecule has 0 aliphatic carbocycles. The average Bonchev–Trinajstić information content (AvgIpc) is 3.24. The Balaban J connectivity index is 0.00000300. The number of nitrogens with zero attached hydrogens (tertiary/aromatic N) is 2. The predicted octanol–water partition coefficient (Wildman–Crippen LogP) is 4.16. The van der Waals surface area contributed by atoms with E-state index in [2.05, 4.69) is 52.8 Å². The number of nitrogens with one attached hydrogen (secondary N) is 2. The molecule has 1 aliphatic heterocycles. The highest BCUT2D eigenvalue weighted by molar-refractivity contribution is 14.0. The highest BCUT2D eigenvalue weighted by atomic mass is 127. The van der Waals surface area contributed by atoms with Gasteiger partial charge in [0.1, 0.15) is 5.75 Å². The Hall–Kier alpha value is -1.80. The molecule has 0 amide bonds. The number of benzene rings is 2. The summed E-state index contributed by atoms with van der Waals surface area (Å²) in [5, 5.41) is 6.71. The number of likely N-dealkylation sites (tertiary alicyclic amines) is 1. The fourth-order valence-electron chi connectivity index (χ4n) is 3.49. The Bertz CT molecular complexity index is 758. The average molecular weight is 508 g/mol. The van der Waals surface area contributed by atoms with Crippen LogP contribution in [-0.4, -0.2) is 37.6 Å². The SMILES string of the molecule is CCNC(=NCc1ccc(CN2CCCC2)cc1)NCc1ccccc1OC.I. The molecule has 2 N–H and O–H groups in total. The molecule has 1 fully saturated rings. The molecule has 0 radical (unpaired) electrons. The number of methoxy groups -OCH3 is 1. The Morgan fingerprint density at radius 1 is 1.00 bits per heavy atom. The van der Waals surface area contributed by atoms with Crippen LogP contribution in [0.15, 0.2) is 53.5 Å². The molecule has 3 rings (SSSR count). The number of hydrogen-bond acceptors (Lipinski definition) is 3. The molecule has 6 heteroatoms. The first-order valence-electron chi connectivity index (χ1n) is 10.2. The monoisotopic (exact) mass is 508 g/mol. The molecule has 0 unspecified atom stereocenters. The lowest BCUT2D eigenvalue weighted by Crippen LogP contribution is -2.36. The van der Waals surface area contributed by atoms with Crippen LogP contribution in [0.1, 0.15) is 36.5 Å². The maximum atomic E-state index is 5.42. The van der Waals surface area contributed by atoms with Crippen LogP contribution in [0.25, 0.3) is 0 Å². The zero-order valence-electron chi connectivity index (χ0n) is 17.5. The second kappa shape index (κ2) is 12.7. The van der Waals surface area contributed by atoms with E-state index in [1.807, 2.05) is 18.2 Å². The minimum atomic E-state index is 0. The van der Waals surface area contributed by atoms with E-state index in [-0.39, 0.29) is 24.0 Å². The molecule has 0 aromatic heterocycles. The first-order valence-corrected chi connectivity index (χ1v) is 10.2. The third-order valence-electron chi connectivity index (χ3n) is 5.03. The molecule has 2 aromatic carbocycles. The van der Waals surface area contributed by atoms with E-state index in [4.69, 9.17) is 9.73 Å². The number of aliphatic imine (C=N–C) groups is 1. The third-order valence-corrected chi connectivity index (χ3v) is 5.03. The van der Waals surface area contributed by atoms with Gasteiger partial charge in [-0.15, -0.1) is 24.0 Å². The summed E-state index contributed by atoms with van der Waals surface area (Å²) in [5.41, 5.74) is 3.72. The van der Waals surface area contributed by atoms with E-state index in [1.165, 1.54) is 37.1 Å². The van der Waals surface area contributed by atoms with Crippen molar-refractivity contribution in [2.45, 2.75) is 39.4 Å². The molecule has 0 spiro atoms. The highest BCUT2D eigenvalue weighted by Gasteiger charge is 2.11. The third kappa shape index (κ3) is 7.51. The number of para-hydroxylation sites is 1. The van der Waals surface area contributed by atoms with Crippen LogP contribution in [-0.2, 0) is 19.6 Å². The number of hydrogen-bond donors (Lipinski definition) is 2. The molecule has 5 nitrogen and oxygen atoms in total. The topological polar surface area (TPSA) is 48.9 Å². The van der Waals surface area contributed by atoms with Crippen LogP contribution in [0.3, 0.4) is 0 Å². The number of ether oxygens (including phenoxy) is 1. The lowest BCUT2D eigenvalue weighted by molar-refractivity contribution is 0.331. The van der Waals surface area contributed by atoms with Gasteiger partial charge in [-0.2, -0.15) is 0 Å². The van der Waals surface area contributed by atoms with Crippen molar-refractivity contribution < 1.29 is 4.74 Å². The van der Waals surface area contributed by atoms with Gasteiger partial charge in [0.05, 0.1) is 13.7 Å². The summed E-state index contributed by atoms with van der Waals surface area (Å²) in [5.74, 6) is 1.70. The molecule has 2 aromatic rings. The first-order chi connectivity index (χ1) is 13.8. The zero-order valence-corrected chi connectivity index (χ0v) is 19.8. The second-order valence-corrected chi connectivity index (χ2v) is 7.16. The maximum Gasteiger partial charge on any atom is 0.191 e. The molecule has 0 saturated carbocycles. The summed E-state index contributed by atoms with van der Waals surface area (Å²) in [7, 11) is 1.70. The summed E-state index contributed by atoms with van der Waals surface area (Å²) >= 11 is 0. The van der Waals surface area contributed by atoms with E-state index in [0.29, 0.717) is 13.1 Å². The summed E-state index contributed by atoms with van der Waals surface area (Å²) in [6.07, 6.45) is 2.67. The minimum Gasteiger partial charge on any atom is -0.496 e. The Kier molecular flexibility index (Phi) is 10.3. The zero-order chi connectivity index (χ0) is 19.6. The van der Waals surface area contributed by atoms with Crippen molar-refractivity contribution in [2.75, 3.05) is 26.7 Å². The standard InChI is InChI=1S/C23H32N4O.HI/c1-3-24-23(26-17-21-8-4-5-9-22(21)28-2)25-16-19-10-12-20(13-11-19)18-27-14-6-7-15-27;/h4-5,8-13H,3,6-7,14-18H2,1-2H3,(H2,24,25,26);1H. The second-order valence-electron chi connectivity index (χ2n) is 7.16. The highest BCUT2D eigenvalue weighted by Crippen LogP contribution is 2.17. The van der Waals surface area contributed by atoms with Crippen molar-refractivity contribution in [3.63, 3.8) is 0 Å². The van der Waals surface area contributed by atoms with E-state index in [0.717, 1.165) is 30.4 Å². The largest absolute Gasteiger partial charge is 0.496 e. The van der Waals surface area contributed by atoms with Gasteiger partial charge < -0.3 is 15.4 Å². The maximum absolute atomic E-state index is 5.42. The molecule has 1 aliphatic rings. The van der Waals surface area contributed by atoms with Crippen LogP contribution in [0, 0.1) is 0 Å². The van der Waals surface area contributed by atoms with Crippen molar-refractivity contribution >= 4 is 29.9 Å². The molecule has 1 heterocycles. The molecule has 29 heavy (non-hydrogen) atoms. The smallest absolute Gasteiger partial charge is 0.191 e. The van der Waals surface area contributed by atoms with Gasteiger partial charge in [0.2, 0.25) is 0 Å². The predicted molar refractivity (Wildman–Crippen MR) is 131 cm³/mol. The molecule has 158 valence electrons. The molecule has 0 bridgehead atoms. The summed E-state index contributed by atoms with van der Waals surface area (Å²) < 4.78 is 5.42. The Morgan fingerprint density at radius 3 is 2.38 bits per heavy atom. The fraction of sp³-hybridized carbons (Fsp3) is 0.435. The van der Waals surface area contributed by atoms with Crippen molar-refractivity contribution in [3.8, 4) is 5.75 Å². The van der Waals surface area contributed by atoms with Gasteiger partial charge in [0, 0.05) is 25.2 Å². The van der Waals surface area contributed by atoms with Gasteiger partial charge in [-0.3, -0.25) is 4.90 Å². The fourth-order valence-corrected chi connectivity index (χ4v) is 3.49. The number of guanidine groups is 1. The van der Waals surface area contributed by atoms with Crippen molar-refractivity contribution in [2.24, 2.45) is 4.99 Å².